The van der Waals surface area contributed by atoms with Crippen LogP contribution < -0.4 is 0 Å². The number of carbonyl (C=O) groups excluding carboxylic acids is 2. The van der Waals surface area contributed by atoms with Crippen molar-refractivity contribution in [2.24, 2.45) is 5.92 Å². The molecule has 5 atom stereocenters. The van der Waals surface area contributed by atoms with Crippen molar-refractivity contribution >= 4 is 11.8 Å². The number of carbonyl (C=O) groups is 2. The van der Waals surface area contributed by atoms with Gasteiger partial charge in [0.05, 0.1) is 6.10 Å². The van der Waals surface area contributed by atoms with E-state index in [1.165, 1.54) is 6.08 Å². The Morgan fingerprint density at radius 3 is 2.66 bits per heavy atom. The molecule has 6 nitrogen and oxygen atoms in total. The van der Waals surface area contributed by atoms with Gasteiger partial charge in [-0.25, -0.2) is 4.79 Å². The molecule has 1 aromatic carbocycles. The van der Waals surface area contributed by atoms with Gasteiger partial charge in [0.2, 0.25) is 0 Å². The van der Waals surface area contributed by atoms with E-state index >= 15 is 0 Å². The minimum atomic E-state index is -0.809. The van der Waals surface area contributed by atoms with Crippen LogP contribution >= 0.6 is 0 Å². The predicted molar refractivity (Wildman–Crippen MR) is 106 cm³/mol. The second-order valence-electron chi connectivity index (χ2n) is 8.94. The minimum absolute atomic E-state index is 0.0416. The number of aromatic hydroxyl groups is 1. The van der Waals surface area contributed by atoms with E-state index in [-0.39, 0.29) is 35.0 Å². The summed E-state index contributed by atoms with van der Waals surface area (Å²) in [6.45, 7) is 7.30. The molecule has 0 amide bonds. The van der Waals surface area contributed by atoms with E-state index in [2.05, 4.69) is 0 Å². The Hall–Kier alpha value is -2.18. The van der Waals surface area contributed by atoms with Crippen LogP contribution in [-0.2, 0) is 19.0 Å². The van der Waals surface area contributed by atoms with Gasteiger partial charge in [-0.05, 0) is 75.6 Å². The maximum Gasteiger partial charge on any atom is 0.342 e. The first kappa shape index (κ1) is 20.1. The van der Waals surface area contributed by atoms with E-state index < -0.39 is 24.0 Å². The summed E-state index contributed by atoms with van der Waals surface area (Å²) < 4.78 is 17.5. The largest absolute Gasteiger partial charge is 0.507 e. The van der Waals surface area contributed by atoms with Crippen LogP contribution in [-0.4, -0.2) is 41.0 Å². The molecule has 2 fully saturated rings. The van der Waals surface area contributed by atoms with E-state index in [4.69, 9.17) is 14.2 Å². The van der Waals surface area contributed by atoms with Crippen molar-refractivity contribution < 1.29 is 28.9 Å². The van der Waals surface area contributed by atoms with E-state index in [1.807, 2.05) is 26.8 Å². The Morgan fingerprint density at radius 2 is 1.90 bits per heavy atom. The molecule has 0 spiro atoms. The molecule has 1 aliphatic carbocycles. The van der Waals surface area contributed by atoms with Crippen molar-refractivity contribution in [3.8, 4) is 5.75 Å². The van der Waals surface area contributed by atoms with E-state index in [0.717, 1.165) is 17.5 Å². The zero-order chi connectivity index (χ0) is 20.9. The molecule has 2 heterocycles. The lowest BCUT2D eigenvalue weighted by atomic mass is 9.95. The Kier molecular flexibility index (Phi) is 5.03. The smallest absolute Gasteiger partial charge is 0.342 e. The molecule has 2 aliphatic heterocycles. The van der Waals surface area contributed by atoms with Gasteiger partial charge in [-0.15, -0.1) is 0 Å². The van der Waals surface area contributed by atoms with Crippen molar-refractivity contribution in [1.82, 2.24) is 0 Å². The summed E-state index contributed by atoms with van der Waals surface area (Å²) in [7, 11) is 0. The number of fused-ring (bicyclic) bond motifs is 4. The van der Waals surface area contributed by atoms with Crippen molar-refractivity contribution in [1.29, 1.82) is 0 Å². The Labute approximate surface area is 170 Å². The number of hydrogen-bond acceptors (Lipinski definition) is 6. The summed E-state index contributed by atoms with van der Waals surface area (Å²) in [5.41, 5.74) is 1.97. The van der Waals surface area contributed by atoms with Crippen molar-refractivity contribution in [2.75, 3.05) is 0 Å². The lowest BCUT2D eigenvalue weighted by molar-refractivity contribution is -0.153. The molecule has 0 bridgehead atoms. The van der Waals surface area contributed by atoms with Crippen LogP contribution in [0.3, 0.4) is 0 Å². The molecule has 156 valence electrons. The van der Waals surface area contributed by atoms with Gasteiger partial charge in [-0.2, -0.15) is 0 Å². The summed E-state index contributed by atoms with van der Waals surface area (Å²) in [6.07, 6.45) is 3.75. The number of benzene rings is 1. The van der Waals surface area contributed by atoms with E-state index in [0.29, 0.717) is 12.8 Å². The van der Waals surface area contributed by atoms with Crippen LogP contribution in [0.15, 0.2) is 24.3 Å². The molecule has 6 heteroatoms. The second-order valence-corrected chi connectivity index (χ2v) is 8.94. The average Bonchev–Trinajstić information content (AvgIpc) is 3.28. The quantitative estimate of drug-likeness (QED) is 0.667. The first-order chi connectivity index (χ1) is 13.6. The van der Waals surface area contributed by atoms with Crippen LogP contribution in [0.25, 0.3) is 0 Å². The molecule has 0 aromatic heterocycles. The molecule has 1 saturated heterocycles. The summed E-state index contributed by atoms with van der Waals surface area (Å²) in [5, 5.41) is 10.5. The number of ketones is 1. The van der Waals surface area contributed by atoms with Crippen LogP contribution in [0.4, 0.5) is 0 Å². The second kappa shape index (κ2) is 7.26. The molecule has 2 unspecified atom stereocenters. The first-order valence-electron chi connectivity index (χ1n) is 10.2. The molecule has 1 aromatic rings. The fourth-order valence-corrected chi connectivity index (χ4v) is 4.51. The van der Waals surface area contributed by atoms with Gasteiger partial charge in [-0.1, -0.05) is 12.1 Å². The predicted octanol–water partition coefficient (Wildman–Crippen LogP) is 3.79. The Morgan fingerprint density at radius 1 is 1.14 bits per heavy atom. The molecule has 1 N–H and O–H groups in total. The summed E-state index contributed by atoms with van der Waals surface area (Å²) >= 11 is 0. The van der Waals surface area contributed by atoms with Crippen molar-refractivity contribution in [3.05, 3.63) is 41.0 Å². The highest BCUT2D eigenvalue weighted by Gasteiger charge is 2.50. The lowest BCUT2D eigenvalue weighted by Crippen LogP contribution is -2.31. The van der Waals surface area contributed by atoms with Gasteiger partial charge in [0.15, 0.2) is 11.6 Å². The summed E-state index contributed by atoms with van der Waals surface area (Å²) in [5.74, 6) is -1.12. The standard InChI is InChI=1S/C23H28O6/c1-12-8-16-15-10-14(15)11-19-21(29-23(3,4)28-19)17(24)7-5-6-13(2)27-22(26)20(16)18(25)9-12/h5,7-9,13-15,19,21,25H,6,10-11H2,1-4H3/b7-5-/t13-,14?,15?,19-,21+/m0/s1. The minimum Gasteiger partial charge on any atom is -0.507 e. The SMILES string of the molecule is Cc1cc(O)c2c(c1)C1CC1C[C@@H]1OC(C)(C)O[C@@H]1C(=O)/C=C\C[C@H](C)OC2=O. The van der Waals surface area contributed by atoms with Gasteiger partial charge >= 0.3 is 5.97 Å². The van der Waals surface area contributed by atoms with Gasteiger partial charge in [0, 0.05) is 6.42 Å². The number of esters is 1. The monoisotopic (exact) mass is 400 g/mol. The number of hydrogen-bond donors (Lipinski definition) is 1. The Balaban J connectivity index is 1.70. The third kappa shape index (κ3) is 4.09. The average molecular weight is 400 g/mol. The molecular weight excluding hydrogens is 372 g/mol. The normalized spacial score (nSPS) is 35.0. The maximum absolute atomic E-state index is 12.8. The zero-order valence-electron chi connectivity index (χ0n) is 17.3. The fraction of sp³-hybridized carbons (Fsp3) is 0.565. The van der Waals surface area contributed by atoms with E-state index in [1.54, 1.807) is 19.1 Å². The summed E-state index contributed by atoms with van der Waals surface area (Å²) in [6, 6.07) is 3.55. The van der Waals surface area contributed by atoms with Gasteiger partial charge < -0.3 is 19.3 Å². The number of phenolic OH excluding ortho intramolecular Hbond substituents is 1. The molecule has 1 saturated carbocycles. The van der Waals surface area contributed by atoms with E-state index in [9.17, 15) is 14.7 Å². The number of cyclic esters (lactones) is 1. The number of phenols is 1. The third-order valence-corrected chi connectivity index (χ3v) is 5.88. The zero-order valence-corrected chi connectivity index (χ0v) is 17.3. The molecule has 3 aliphatic rings. The van der Waals surface area contributed by atoms with Gasteiger partial charge in [0.1, 0.15) is 23.5 Å². The Bertz CT molecular complexity index is 870. The topological polar surface area (TPSA) is 82.1 Å². The molecular formula is C23H28O6. The van der Waals surface area contributed by atoms with Crippen LogP contribution in [0.2, 0.25) is 0 Å². The van der Waals surface area contributed by atoms with Crippen molar-refractivity contribution in [2.45, 2.75) is 77.0 Å². The van der Waals surface area contributed by atoms with Crippen molar-refractivity contribution in [3.63, 3.8) is 0 Å². The van der Waals surface area contributed by atoms with Crippen LogP contribution in [0, 0.1) is 12.8 Å². The fourth-order valence-electron chi connectivity index (χ4n) is 4.51. The van der Waals surface area contributed by atoms with Crippen LogP contribution in [0.5, 0.6) is 5.75 Å². The number of rotatable bonds is 0. The first-order valence-corrected chi connectivity index (χ1v) is 10.2. The summed E-state index contributed by atoms with van der Waals surface area (Å²) in [4.78, 5) is 25.5. The number of ether oxygens (including phenoxy) is 3. The molecule has 0 radical (unpaired) electrons. The van der Waals surface area contributed by atoms with Gasteiger partial charge in [0.25, 0.3) is 0 Å². The van der Waals surface area contributed by atoms with Gasteiger partial charge in [-0.3, -0.25) is 4.79 Å². The highest BCUT2D eigenvalue weighted by molar-refractivity contribution is 5.95. The van der Waals surface area contributed by atoms with Crippen LogP contribution in [0.1, 0.15) is 67.4 Å². The molecule has 4 rings (SSSR count). The number of aryl methyl sites for hydroxylation is 1. The third-order valence-electron chi connectivity index (χ3n) is 5.88. The highest BCUT2D eigenvalue weighted by Crippen LogP contribution is 2.54. The molecule has 29 heavy (non-hydrogen) atoms. The lowest BCUT2D eigenvalue weighted by Gasteiger charge is -2.18. The maximum atomic E-state index is 12.8. The highest BCUT2D eigenvalue weighted by atomic mass is 16.8.